The molecule has 2 aliphatic rings. The van der Waals surface area contributed by atoms with E-state index in [1.54, 1.807) is 17.5 Å². The molecule has 0 bridgehead atoms. The van der Waals surface area contributed by atoms with Crippen molar-refractivity contribution in [2.24, 2.45) is 0 Å². The highest BCUT2D eigenvalue weighted by Crippen LogP contribution is 2.52. The molecule has 4 rings (SSSR count). The summed E-state index contributed by atoms with van der Waals surface area (Å²) >= 11 is 1.58. The van der Waals surface area contributed by atoms with E-state index >= 15 is 0 Å². The van der Waals surface area contributed by atoms with Gasteiger partial charge in [0.2, 0.25) is 0 Å². The van der Waals surface area contributed by atoms with Gasteiger partial charge in [-0.25, -0.2) is 9.78 Å². The molecule has 2 heterocycles. The number of amides is 2. The van der Waals surface area contributed by atoms with Gasteiger partial charge >= 0.3 is 6.03 Å². The van der Waals surface area contributed by atoms with Gasteiger partial charge in [-0.2, -0.15) is 0 Å². The second-order valence-electron chi connectivity index (χ2n) is 6.34. The van der Waals surface area contributed by atoms with E-state index in [1.165, 1.54) is 24.0 Å². The van der Waals surface area contributed by atoms with Crippen molar-refractivity contribution in [3.63, 3.8) is 0 Å². The van der Waals surface area contributed by atoms with Crippen molar-refractivity contribution in [1.82, 2.24) is 15.2 Å². The molecule has 1 aliphatic carbocycles. The van der Waals surface area contributed by atoms with Gasteiger partial charge in [0.15, 0.2) is 0 Å². The Morgan fingerprint density at radius 1 is 1.41 bits per heavy atom. The summed E-state index contributed by atoms with van der Waals surface area (Å²) in [6.07, 6.45) is 4.16. The predicted octanol–water partition coefficient (Wildman–Crippen LogP) is 3.46. The van der Waals surface area contributed by atoms with Crippen molar-refractivity contribution in [2.45, 2.75) is 37.8 Å². The van der Waals surface area contributed by atoms with Crippen LogP contribution in [0.15, 0.2) is 35.8 Å². The molecule has 1 spiro atoms. The summed E-state index contributed by atoms with van der Waals surface area (Å²) in [5, 5.41) is 5.97. The van der Waals surface area contributed by atoms with Crippen molar-refractivity contribution in [3.8, 4) is 0 Å². The Balaban J connectivity index is 1.51. The number of urea groups is 1. The van der Waals surface area contributed by atoms with E-state index in [0.717, 1.165) is 11.6 Å². The minimum absolute atomic E-state index is 0.0171. The third kappa shape index (κ3) is 2.29. The number of hydrogen-bond donors (Lipinski definition) is 1. The number of aromatic nitrogens is 1. The van der Waals surface area contributed by atoms with Gasteiger partial charge in [-0.05, 0) is 30.9 Å². The van der Waals surface area contributed by atoms with Crippen LogP contribution in [-0.4, -0.2) is 22.5 Å². The SMILES string of the molecule is CC(NC(=O)N1Cc2ccccc2C2(CC2)C1)c1nccs1. The molecule has 1 saturated carbocycles. The van der Waals surface area contributed by atoms with Gasteiger partial charge in [-0.15, -0.1) is 11.3 Å². The lowest BCUT2D eigenvalue weighted by Gasteiger charge is -2.35. The molecule has 1 N–H and O–H groups in total. The number of thiazole rings is 1. The molecule has 1 unspecified atom stereocenters. The molecule has 4 nitrogen and oxygen atoms in total. The summed E-state index contributed by atoms with van der Waals surface area (Å²) in [6.45, 7) is 3.52. The predicted molar refractivity (Wildman–Crippen MR) is 86.8 cm³/mol. The zero-order valence-corrected chi connectivity index (χ0v) is 13.4. The van der Waals surface area contributed by atoms with Crippen molar-refractivity contribution in [3.05, 3.63) is 52.0 Å². The van der Waals surface area contributed by atoms with Crippen LogP contribution in [0.25, 0.3) is 0 Å². The number of benzene rings is 1. The Bertz CT molecular complexity index is 694. The number of hydrogen-bond acceptors (Lipinski definition) is 3. The quantitative estimate of drug-likeness (QED) is 0.923. The van der Waals surface area contributed by atoms with Crippen LogP contribution in [0.5, 0.6) is 0 Å². The zero-order chi connectivity index (χ0) is 15.2. The highest BCUT2D eigenvalue weighted by Gasteiger charge is 2.49. The highest BCUT2D eigenvalue weighted by atomic mass is 32.1. The second kappa shape index (κ2) is 5.09. The standard InChI is InChI=1S/C17H19N3OS/c1-12(15-18-8-9-22-15)19-16(21)20-10-13-4-2-3-5-14(13)17(11-20)6-7-17/h2-5,8-9,12H,6-7,10-11H2,1H3,(H,19,21). The van der Waals surface area contributed by atoms with Crippen LogP contribution in [0.1, 0.15) is 41.9 Å². The van der Waals surface area contributed by atoms with E-state index in [9.17, 15) is 4.79 Å². The smallest absolute Gasteiger partial charge is 0.318 e. The van der Waals surface area contributed by atoms with E-state index in [1.807, 2.05) is 17.2 Å². The second-order valence-corrected chi connectivity index (χ2v) is 7.26. The number of nitrogens with one attached hydrogen (secondary N) is 1. The van der Waals surface area contributed by atoms with Gasteiger partial charge in [-0.1, -0.05) is 24.3 Å². The molecule has 22 heavy (non-hydrogen) atoms. The third-order valence-corrected chi connectivity index (χ3v) is 5.70. The van der Waals surface area contributed by atoms with E-state index in [0.29, 0.717) is 6.54 Å². The van der Waals surface area contributed by atoms with E-state index in [2.05, 4.69) is 34.6 Å². The Hall–Kier alpha value is -1.88. The highest BCUT2D eigenvalue weighted by molar-refractivity contribution is 7.09. The lowest BCUT2D eigenvalue weighted by Crippen LogP contribution is -2.47. The molecule has 1 fully saturated rings. The number of fused-ring (bicyclic) bond motifs is 2. The van der Waals surface area contributed by atoms with Gasteiger partial charge in [0.25, 0.3) is 0 Å². The number of carbonyl (C=O) groups excluding carboxylic acids is 1. The molecule has 1 aromatic carbocycles. The lowest BCUT2D eigenvalue weighted by molar-refractivity contribution is 0.180. The molecule has 0 radical (unpaired) electrons. The molecule has 1 aromatic heterocycles. The first-order valence-electron chi connectivity index (χ1n) is 7.71. The summed E-state index contributed by atoms with van der Waals surface area (Å²) in [5.74, 6) is 0. The largest absolute Gasteiger partial charge is 0.329 e. The molecule has 114 valence electrons. The van der Waals surface area contributed by atoms with Gasteiger partial charge in [0.05, 0.1) is 6.04 Å². The Morgan fingerprint density at radius 3 is 2.95 bits per heavy atom. The van der Waals surface area contributed by atoms with E-state index < -0.39 is 0 Å². The first-order chi connectivity index (χ1) is 10.7. The minimum Gasteiger partial charge on any atom is -0.329 e. The number of rotatable bonds is 2. The van der Waals surface area contributed by atoms with Crippen molar-refractivity contribution < 1.29 is 4.79 Å². The van der Waals surface area contributed by atoms with Gasteiger partial charge in [0, 0.05) is 30.1 Å². The summed E-state index contributed by atoms with van der Waals surface area (Å²) in [4.78, 5) is 18.9. The van der Waals surface area contributed by atoms with Crippen LogP contribution in [0.3, 0.4) is 0 Å². The maximum absolute atomic E-state index is 12.6. The number of carbonyl (C=O) groups is 1. The van der Waals surface area contributed by atoms with E-state index in [-0.39, 0.29) is 17.5 Å². The normalized spacial score (nSPS) is 19.6. The molecule has 0 saturated heterocycles. The average Bonchev–Trinajstić information content (AvgIpc) is 3.08. The Labute approximate surface area is 134 Å². The molecule has 5 heteroatoms. The van der Waals surface area contributed by atoms with Crippen molar-refractivity contribution >= 4 is 17.4 Å². The molecular formula is C17H19N3OS. The monoisotopic (exact) mass is 313 g/mol. The van der Waals surface area contributed by atoms with Crippen LogP contribution in [-0.2, 0) is 12.0 Å². The molecule has 1 aliphatic heterocycles. The fourth-order valence-corrected chi connectivity index (χ4v) is 4.04. The minimum atomic E-state index is -0.0418. The molecular weight excluding hydrogens is 294 g/mol. The maximum Gasteiger partial charge on any atom is 0.318 e. The van der Waals surface area contributed by atoms with Crippen LogP contribution < -0.4 is 5.32 Å². The van der Waals surface area contributed by atoms with Gasteiger partial charge in [0.1, 0.15) is 5.01 Å². The fourth-order valence-electron chi connectivity index (χ4n) is 3.40. The Kier molecular flexibility index (Phi) is 3.18. The summed E-state index contributed by atoms with van der Waals surface area (Å²) in [6, 6.07) is 8.53. The van der Waals surface area contributed by atoms with Crippen molar-refractivity contribution in [1.29, 1.82) is 0 Å². The molecule has 2 amide bonds. The van der Waals surface area contributed by atoms with Crippen LogP contribution in [0.4, 0.5) is 4.79 Å². The Morgan fingerprint density at radius 2 is 2.23 bits per heavy atom. The lowest BCUT2D eigenvalue weighted by atomic mass is 9.87. The van der Waals surface area contributed by atoms with Crippen LogP contribution in [0, 0.1) is 0 Å². The summed E-state index contributed by atoms with van der Waals surface area (Å²) in [7, 11) is 0. The molecule has 2 aromatic rings. The van der Waals surface area contributed by atoms with Crippen LogP contribution >= 0.6 is 11.3 Å². The summed E-state index contributed by atoms with van der Waals surface area (Å²) in [5.41, 5.74) is 2.96. The maximum atomic E-state index is 12.6. The first kappa shape index (κ1) is 13.8. The molecule has 1 atom stereocenters. The first-order valence-corrected chi connectivity index (χ1v) is 8.59. The van der Waals surface area contributed by atoms with Crippen LogP contribution in [0.2, 0.25) is 0 Å². The van der Waals surface area contributed by atoms with Crippen molar-refractivity contribution in [2.75, 3.05) is 6.54 Å². The zero-order valence-electron chi connectivity index (χ0n) is 12.6. The fraction of sp³-hybridized carbons (Fsp3) is 0.412. The average molecular weight is 313 g/mol. The summed E-state index contributed by atoms with van der Waals surface area (Å²) < 4.78 is 0. The van der Waals surface area contributed by atoms with E-state index in [4.69, 9.17) is 0 Å². The van der Waals surface area contributed by atoms with Gasteiger partial charge in [-0.3, -0.25) is 0 Å². The topological polar surface area (TPSA) is 45.2 Å². The number of nitrogens with zero attached hydrogens (tertiary/aromatic N) is 2. The van der Waals surface area contributed by atoms with Gasteiger partial charge < -0.3 is 10.2 Å². The third-order valence-electron chi connectivity index (χ3n) is 4.75.